The zero-order valence-corrected chi connectivity index (χ0v) is 11.4. The van der Waals surface area contributed by atoms with Crippen LogP contribution in [0.1, 0.15) is 33.1 Å². The Bertz CT molecular complexity index is 343. The lowest BCUT2D eigenvalue weighted by Gasteiger charge is -2.24. The predicted molar refractivity (Wildman–Crippen MR) is 69.5 cm³/mol. The quantitative estimate of drug-likeness (QED) is 0.821. The molecule has 3 fully saturated rings. The number of carbonyl (C=O) groups is 1. The Hall–Kier alpha value is -0.610. The first kappa shape index (κ1) is 12.4. The monoisotopic (exact) mass is 252 g/mol. The summed E-state index contributed by atoms with van der Waals surface area (Å²) in [6.45, 7) is 7.28. The van der Waals surface area contributed by atoms with Crippen molar-refractivity contribution in [1.29, 1.82) is 0 Å². The maximum absolute atomic E-state index is 11.2. The van der Waals surface area contributed by atoms with Gasteiger partial charge in [0.25, 0.3) is 0 Å². The maximum Gasteiger partial charge on any atom is 0.308 e. The number of rotatable bonds is 3. The summed E-state index contributed by atoms with van der Waals surface area (Å²) in [4.78, 5) is 16.3. The Morgan fingerprint density at radius 1 is 1.11 bits per heavy atom. The van der Waals surface area contributed by atoms with Crippen LogP contribution in [0.4, 0.5) is 0 Å². The molecule has 1 aliphatic carbocycles. The van der Waals surface area contributed by atoms with Crippen molar-refractivity contribution in [3.8, 4) is 0 Å². The summed E-state index contributed by atoms with van der Waals surface area (Å²) < 4.78 is 0. The molecule has 2 unspecified atom stereocenters. The molecule has 1 saturated carbocycles. The van der Waals surface area contributed by atoms with Crippen molar-refractivity contribution in [3.63, 3.8) is 0 Å². The van der Waals surface area contributed by atoms with E-state index in [0.717, 1.165) is 25.7 Å². The molecule has 0 aromatic carbocycles. The fourth-order valence-corrected chi connectivity index (χ4v) is 3.83. The van der Waals surface area contributed by atoms with Crippen LogP contribution in [0.15, 0.2) is 0 Å². The molecule has 0 aromatic rings. The van der Waals surface area contributed by atoms with Gasteiger partial charge < -0.3 is 5.11 Å². The van der Waals surface area contributed by atoms with E-state index in [1.807, 2.05) is 0 Å². The van der Waals surface area contributed by atoms with Crippen molar-refractivity contribution in [3.05, 3.63) is 0 Å². The van der Waals surface area contributed by atoms with Crippen molar-refractivity contribution in [2.24, 2.45) is 11.8 Å². The van der Waals surface area contributed by atoms with Gasteiger partial charge in [0, 0.05) is 37.8 Å². The Kier molecular flexibility index (Phi) is 3.10. The van der Waals surface area contributed by atoms with E-state index in [0.29, 0.717) is 18.0 Å². The van der Waals surface area contributed by atoms with Crippen LogP contribution >= 0.6 is 0 Å². The minimum Gasteiger partial charge on any atom is -0.481 e. The lowest BCUT2D eigenvalue weighted by atomic mass is 9.99. The molecule has 0 aromatic heterocycles. The van der Waals surface area contributed by atoms with E-state index in [4.69, 9.17) is 0 Å². The van der Waals surface area contributed by atoms with Gasteiger partial charge in [-0.15, -0.1) is 0 Å². The fraction of sp³-hybridized carbons (Fsp3) is 0.929. The Morgan fingerprint density at radius 3 is 2.39 bits per heavy atom. The van der Waals surface area contributed by atoms with Crippen LogP contribution in [0.5, 0.6) is 0 Å². The molecule has 18 heavy (non-hydrogen) atoms. The number of carboxylic acids is 1. The van der Waals surface area contributed by atoms with Gasteiger partial charge in [0.2, 0.25) is 0 Å². The van der Waals surface area contributed by atoms with E-state index in [2.05, 4.69) is 23.6 Å². The number of aliphatic carboxylic acids is 1. The number of carboxylic acid groups (broad SMARTS) is 1. The SMILES string of the molecule is CC1CC(N2C[C@@H](C)[C@H](C(=O)O)C2)CN1C1CC1. The third-order valence-corrected chi connectivity index (χ3v) is 5.09. The standard InChI is InChI=1S/C14H24N2O2/c1-9-6-15(8-13(9)14(17)18)12-5-10(2)16(7-12)11-3-4-11/h9-13H,3-8H2,1-2H3,(H,17,18)/t9-,10?,12?,13-/m1/s1. The molecule has 4 atom stereocenters. The van der Waals surface area contributed by atoms with E-state index in [-0.39, 0.29) is 5.92 Å². The van der Waals surface area contributed by atoms with Crippen LogP contribution in [0.3, 0.4) is 0 Å². The number of likely N-dealkylation sites (tertiary alicyclic amines) is 2. The molecule has 2 saturated heterocycles. The number of hydrogen-bond acceptors (Lipinski definition) is 3. The van der Waals surface area contributed by atoms with Crippen molar-refractivity contribution in [2.75, 3.05) is 19.6 Å². The molecule has 4 nitrogen and oxygen atoms in total. The zero-order valence-electron chi connectivity index (χ0n) is 11.4. The molecule has 102 valence electrons. The first-order valence-electron chi connectivity index (χ1n) is 7.29. The number of nitrogens with zero attached hydrogens (tertiary/aromatic N) is 2. The summed E-state index contributed by atoms with van der Waals surface area (Å²) >= 11 is 0. The first-order chi connectivity index (χ1) is 8.56. The van der Waals surface area contributed by atoms with Gasteiger partial charge in [-0.2, -0.15) is 0 Å². The lowest BCUT2D eigenvalue weighted by molar-refractivity contribution is -0.142. The molecule has 4 heteroatoms. The van der Waals surface area contributed by atoms with Gasteiger partial charge in [-0.25, -0.2) is 0 Å². The van der Waals surface area contributed by atoms with Gasteiger partial charge in [0.15, 0.2) is 0 Å². The summed E-state index contributed by atoms with van der Waals surface area (Å²) in [6.07, 6.45) is 3.95. The lowest BCUT2D eigenvalue weighted by Crippen LogP contribution is -2.37. The van der Waals surface area contributed by atoms with Crippen LogP contribution in [0.2, 0.25) is 0 Å². The maximum atomic E-state index is 11.2. The molecule has 0 radical (unpaired) electrons. The summed E-state index contributed by atoms with van der Waals surface area (Å²) in [7, 11) is 0. The molecular formula is C14H24N2O2. The summed E-state index contributed by atoms with van der Waals surface area (Å²) in [5, 5.41) is 9.21. The first-order valence-corrected chi connectivity index (χ1v) is 7.29. The van der Waals surface area contributed by atoms with Gasteiger partial charge >= 0.3 is 5.97 Å². The van der Waals surface area contributed by atoms with E-state index < -0.39 is 5.97 Å². The van der Waals surface area contributed by atoms with Crippen LogP contribution in [-0.2, 0) is 4.79 Å². The second kappa shape index (κ2) is 4.49. The average Bonchev–Trinajstić information content (AvgIpc) is 2.96. The second-order valence-electron chi connectivity index (χ2n) is 6.54. The minimum absolute atomic E-state index is 0.157. The van der Waals surface area contributed by atoms with Crippen LogP contribution in [0, 0.1) is 11.8 Å². The molecule has 3 aliphatic rings. The second-order valence-corrected chi connectivity index (χ2v) is 6.54. The van der Waals surface area contributed by atoms with E-state index >= 15 is 0 Å². The smallest absolute Gasteiger partial charge is 0.308 e. The van der Waals surface area contributed by atoms with Gasteiger partial charge in [-0.1, -0.05) is 6.92 Å². The largest absolute Gasteiger partial charge is 0.481 e. The molecule has 2 aliphatic heterocycles. The van der Waals surface area contributed by atoms with E-state index in [9.17, 15) is 9.90 Å². The van der Waals surface area contributed by atoms with Crippen LogP contribution in [-0.4, -0.2) is 58.6 Å². The van der Waals surface area contributed by atoms with Crippen molar-refractivity contribution in [2.45, 2.75) is 51.2 Å². The molecule has 0 bridgehead atoms. The molecule has 2 heterocycles. The molecular weight excluding hydrogens is 228 g/mol. The third-order valence-electron chi connectivity index (χ3n) is 5.09. The highest BCUT2D eigenvalue weighted by Crippen LogP contribution is 2.36. The Labute approximate surface area is 109 Å². The molecule has 0 spiro atoms. The Balaban J connectivity index is 1.61. The highest BCUT2D eigenvalue weighted by atomic mass is 16.4. The van der Waals surface area contributed by atoms with Gasteiger partial charge in [0.1, 0.15) is 0 Å². The van der Waals surface area contributed by atoms with Gasteiger partial charge in [-0.05, 0) is 32.1 Å². The number of hydrogen-bond donors (Lipinski definition) is 1. The summed E-state index contributed by atoms with van der Waals surface area (Å²) in [5.41, 5.74) is 0. The van der Waals surface area contributed by atoms with Crippen LogP contribution in [0.25, 0.3) is 0 Å². The van der Waals surface area contributed by atoms with Crippen molar-refractivity contribution >= 4 is 5.97 Å². The molecule has 3 rings (SSSR count). The minimum atomic E-state index is -0.616. The Morgan fingerprint density at radius 2 is 1.83 bits per heavy atom. The fourth-order valence-electron chi connectivity index (χ4n) is 3.83. The predicted octanol–water partition coefficient (Wildman–Crippen LogP) is 1.26. The topological polar surface area (TPSA) is 43.8 Å². The zero-order chi connectivity index (χ0) is 12.9. The van der Waals surface area contributed by atoms with Crippen molar-refractivity contribution < 1.29 is 9.90 Å². The average molecular weight is 252 g/mol. The van der Waals surface area contributed by atoms with E-state index in [1.165, 1.54) is 19.3 Å². The van der Waals surface area contributed by atoms with Crippen molar-refractivity contribution in [1.82, 2.24) is 9.80 Å². The third kappa shape index (κ3) is 2.16. The van der Waals surface area contributed by atoms with Crippen LogP contribution < -0.4 is 0 Å². The molecule has 0 amide bonds. The normalized spacial score (nSPS) is 42.6. The highest BCUT2D eigenvalue weighted by Gasteiger charge is 2.44. The highest BCUT2D eigenvalue weighted by molar-refractivity contribution is 5.71. The van der Waals surface area contributed by atoms with Gasteiger partial charge in [-0.3, -0.25) is 14.6 Å². The van der Waals surface area contributed by atoms with E-state index in [1.54, 1.807) is 0 Å². The molecule has 1 N–H and O–H groups in total. The van der Waals surface area contributed by atoms with Gasteiger partial charge in [0.05, 0.1) is 5.92 Å². The summed E-state index contributed by atoms with van der Waals surface area (Å²) in [6, 6.07) is 2.11. The summed E-state index contributed by atoms with van der Waals surface area (Å²) in [5.74, 6) is -0.474.